The molecule has 20 aliphatic carbocycles. The fourth-order valence-corrected chi connectivity index (χ4v) is 15.5. The summed E-state index contributed by atoms with van der Waals surface area (Å²) >= 11 is 0. The van der Waals surface area contributed by atoms with Crippen molar-refractivity contribution in [3.05, 3.63) is 233 Å². The molecule has 0 spiro atoms. The largest absolute Gasteiger partial charge is 0.496 e. The second-order valence-corrected chi connectivity index (χ2v) is 27.5. The third-order valence-electron chi connectivity index (χ3n) is 21.3. The highest BCUT2D eigenvalue weighted by Crippen LogP contribution is 2.47. The van der Waals surface area contributed by atoms with Crippen LogP contribution in [-0.2, 0) is 64.2 Å². The van der Waals surface area contributed by atoms with Crippen molar-refractivity contribution < 1.29 is 94.7 Å². The zero-order valence-electron chi connectivity index (χ0n) is 67.6. The number of methoxy groups -OCH3 is 18. The predicted molar refractivity (Wildman–Crippen MR) is 431 cm³/mol. The Bertz CT molecular complexity index is 4720. The highest BCUT2D eigenvalue weighted by atomic mass is 16.5. The van der Waals surface area contributed by atoms with Crippen molar-refractivity contribution in [1.82, 2.24) is 0 Å². The van der Waals surface area contributed by atoms with Gasteiger partial charge in [-0.1, -0.05) is 0 Å². The molecule has 20 bridgehead atoms. The summed E-state index contributed by atoms with van der Waals surface area (Å²) in [7, 11) is 30.2. The Kier molecular flexibility index (Phi) is 25.9. The van der Waals surface area contributed by atoms with E-state index in [1.807, 2.05) is 97.1 Å². The number of hydrogen-bond donors (Lipinski definition) is 0. The van der Waals surface area contributed by atoms with Crippen LogP contribution in [0.15, 0.2) is 121 Å². The van der Waals surface area contributed by atoms with E-state index in [1.165, 1.54) is 0 Å². The zero-order chi connectivity index (χ0) is 79.3. The zero-order valence-corrected chi connectivity index (χ0v) is 67.6. The summed E-state index contributed by atoms with van der Waals surface area (Å²) in [6.45, 7) is 0.672. The molecule has 0 heterocycles. The van der Waals surface area contributed by atoms with Gasteiger partial charge in [0.2, 0.25) is 0 Å². The first kappa shape index (κ1) is 79.7. The monoisotopic (exact) mass is 1530 g/mol. The van der Waals surface area contributed by atoms with Crippen LogP contribution in [0.1, 0.15) is 124 Å². The van der Waals surface area contributed by atoms with E-state index in [1.54, 1.807) is 128 Å². The van der Waals surface area contributed by atoms with Crippen LogP contribution < -0.4 is 94.7 Å². The summed E-state index contributed by atoms with van der Waals surface area (Å²) in [6.07, 6.45) is 5.48. The molecule has 20 nitrogen and oxygen atoms in total. The van der Waals surface area contributed by atoms with Crippen molar-refractivity contribution in [3.8, 4) is 115 Å². The Morgan fingerprint density at radius 2 is 0.214 bits per heavy atom. The fraction of sp³-hybridized carbons (Fsp3) is 0.348. The Hall–Kier alpha value is -11.8. The van der Waals surface area contributed by atoms with E-state index in [4.69, 9.17) is 94.7 Å². The molecule has 0 fully saturated rings. The Labute approximate surface area is 657 Å². The van der Waals surface area contributed by atoms with Crippen LogP contribution in [0.4, 0.5) is 0 Å². The van der Waals surface area contributed by atoms with Gasteiger partial charge in [0.15, 0.2) is 0 Å². The van der Waals surface area contributed by atoms with Crippen molar-refractivity contribution in [2.75, 3.05) is 141 Å². The number of rotatable bonds is 25. The fourth-order valence-electron chi connectivity index (χ4n) is 15.5. The molecule has 0 saturated heterocycles. The molecule has 0 aromatic heterocycles. The molecule has 10 aromatic rings. The van der Waals surface area contributed by atoms with Crippen molar-refractivity contribution in [2.45, 2.75) is 77.0 Å². The smallest absolute Gasteiger partial charge is 0.123 e. The maximum absolute atomic E-state index is 7.03. The van der Waals surface area contributed by atoms with Gasteiger partial charge in [-0.15, -0.1) is 0 Å². The summed E-state index contributed by atoms with van der Waals surface area (Å²) in [6, 6.07) is 40.7. The summed E-state index contributed by atoms with van der Waals surface area (Å²) in [5.41, 5.74) is 17.6. The molecule has 0 unspecified atom stereocenters. The number of unbranched alkanes of at least 4 members (excludes halogenated alkanes) is 1. The Morgan fingerprint density at radius 1 is 0.134 bits per heavy atom. The van der Waals surface area contributed by atoms with Crippen LogP contribution in [0.3, 0.4) is 0 Å². The molecule has 0 amide bonds. The van der Waals surface area contributed by atoms with Crippen LogP contribution in [0, 0.1) is 0 Å². The van der Waals surface area contributed by atoms with Crippen LogP contribution >= 0.6 is 0 Å². The summed E-state index contributed by atoms with van der Waals surface area (Å²) in [4.78, 5) is 0. The molecule has 30 rings (SSSR count). The number of ether oxygens (including phenoxy) is 20. The van der Waals surface area contributed by atoms with Gasteiger partial charge in [-0.25, -0.2) is 0 Å². The van der Waals surface area contributed by atoms with Crippen LogP contribution in [-0.4, -0.2) is 141 Å². The van der Waals surface area contributed by atoms with E-state index >= 15 is 0 Å². The van der Waals surface area contributed by atoms with Gasteiger partial charge < -0.3 is 94.7 Å². The maximum atomic E-state index is 7.03. The van der Waals surface area contributed by atoms with E-state index in [0.717, 1.165) is 111 Å². The molecule has 0 aliphatic heterocycles. The molecule has 10 aromatic carbocycles. The van der Waals surface area contributed by atoms with Gasteiger partial charge in [-0.3, -0.25) is 0 Å². The lowest BCUT2D eigenvalue weighted by molar-refractivity contribution is 0.263. The third-order valence-corrected chi connectivity index (χ3v) is 21.3. The summed E-state index contributed by atoms with van der Waals surface area (Å²) in [5.74, 6) is 13.4. The first-order valence-electron chi connectivity index (χ1n) is 37.1. The van der Waals surface area contributed by atoms with Gasteiger partial charge in [0.1, 0.15) is 115 Å². The predicted octanol–water partition coefficient (Wildman–Crippen LogP) is 16.6. The molecule has 0 atom stereocenters. The van der Waals surface area contributed by atoms with Crippen LogP contribution in [0.25, 0.3) is 0 Å². The summed E-state index contributed by atoms with van der Waals surface area (Å²) < 4.78 is 126. The topological polar surface area (TPSA) is 185 Å². The minimum atomic E-state index is 0.336. The Balaban J connectivity index is 0.908. The van der Waals surface area contributed by atoms with Gasteiger partial charge in [0.25, 0.3) is 0 Å². The van der Waals surface area contributed by atoms with E-state index in [9.17, 15) is 0 Å². The van der Waals surface area contributed by atoms with Gasteiger partial charge in [-0.05, 0) is 134 Å². The van der Waals surface area contributed by atoms with E-state index in [2.05, 4.69) is 24.3 Å². The molecule has 0 saturated carbocycles. The molecular formula is C92H102O20. The quantitative estimate of drug-likeness (QED) is 0.0492. The minimum absolute atomic E-state index is 0.336. The van der Waals surface area contributed by atoms with Crippen LogP contribution in [0.2, 0.25) is 0 Å². The molecular weight excluding hydrogens is 1420 g/mol. The third kappa shape index (κ3) is 17.1. The lowest BCUT2D eigenvalue weighted by Gasteiger charge is -2.21. The molecule has 20 heteroatoms. The average Bonchev–Trinajstić information content (AvgIpc) is 1.04. The normalized spacial score (nSPS) is 12.3. The van der Waals surface area contributed by atoms with Gasteiger partial charge in [0, 0.05) is 175 Å². The highest BCUT2D eigenvalue weighted by Gasteiger charge is 2.28. The second kappa shape index (κ2) is 36.4. The standard InChI is InChI=1S/C92H102O20/c1-93-73-37-57-25-61-41-83(103-11)65(45-81(61)101-9)29-69-51-91(71(49-89(69)109-17)31-67-47-85(105-13)63(43-87(67)107-15)27-59-39-77(97-5)55(35-79(59)99-7)23-53(73)33-75(57)95-3)111-21-19-20-22-112-92-52-70-30-66-46-82(102-10)62(42-84(66)104-12)26-58-38-74(94-2)54(34-76(58)96-4)24-56-36-80(100-8)60(40-78(56)98-6)28-64-44-88(108-16)68(48-86(64)106-14)32-72(92)50-90(70)110-18/h33-52H,19-32H2,1-18H3. The first-order chi connectivity index (χ1) is 54.6. The second-order valence-electron chi connectivity index (χ2n) is 27.5. The molecule has 0 N–H and O–H groups in total. The minimum Gasteiger partial charge on any atom is -0.496 e. The number of benzene rings is 10. The van der Waals surface area contributed by atoms with Gasteiger partial charge in [0.05, 0.1) is 141 Å². The van der Waals surface area contributed by atoms with Gasteiger partial charge in [-0.2, -0.15) is 0 Å². The lowest BCUT2D eigenvalue weighted by Crippen LogP contribution is -2.08. The first-order valence-corrected chi connectivity index (χ1v) is 37.1. The van der Waals surface area contributed by atoms with Crippen molar-refractivity contribution in [1.29, 1.82) is 0 Å². The maximum Gasteiger partial charge on any atom is 0.123 e. The van der Waals surface area contributed by atoms with Gasteiger partial charge >= 0.3 is 0 Å². The SMILES string of the molecule is COc1cc2c(OC)cc1Cc1cc(OC)c(cc1OC)Cc1cc(OC)c(cc1OC)Cc1cc(OC)c(cc1OCCCCOc1cc3c(OC)cc1Cc1cc(OC)c(cc1OC)Cc1cc(OC)c(cc1OC)Cc1cc(OC)c(cc1OC)Cc1cc(OC)c(cc1OC)C3)Cc1cc(OC)c(cc1OC)C2. The van der Waals surface area contributed by atoms with E-state index < -0.39 is 0 Å². The average molecular weight is 1530 g/mol. The summed E-state index contributed by atoms with van der Waals surface area (Å²) in [5, 5.41) is 0. The lowest BCUT2D eigenvalue weighted by atomic mass is 9.94. The molecule has 112 heavy (non-hydrogen) atoms. The Morgan fingerprint density at radius 3 is 0.304 bits per heavy atom. The molecule has 20 aliphatic rings. The highest BCUT2D eigenvalue weighted by molar-refractivity contribution is 5.63. The molecule has 590 valence electrons. The van der Waals surface area contributed by atoms with E-state index in [-0.39, 0.29) is 0 Å². The van der Waals surface area contributed by atoms with Crippen molar-refractivity contribution >= 4 is 0 Å². The number of hydrogen-bond acceptors (Lipinski definition) is 20. The van der Waals surface area contributed by atoms with E-state index in [0.29, 0.717) is 205 Å². The van der Waals surface area contributed by atoms with Crippen molar-refractivity contribution in [3.63, 3.8) is 0 Å². The van der Waals surface area contributed by atoms with Crippen LogP contribution in [0.5, 0.6) is 115 Å². The van der Waals surface area contributed by atoms with Crippen molar-refractivity contribution in [2.24, 2.45) is 0 Å². The molecule has 0 radical (unpaired) electrons.